The summed E-state index contributed by atoms with van der Waals surface area (Å²) < 4.78 is 25.2. The molecule has 46 heavy (non-hydrogen) atoms. The Morgan fingerprint density at radius 2 is 1.20 bits per heavy atom. The van der Waals surface area contributed by atoms with E-state index in [-0.39, 0.29) is 51.1 Å². The van der Waals surface area contributed by atoms with Gasteiger partial charge in [-0.15, -0.1) is 0 Å². The third kappa shape index (κ3) is 11.0. The van der Waals surface area contributed by atoms with Crippen LogP contribution in [0.4, 0.5) is 0 Å². The normalized spacial score (nSPS) is 29.0. The van der Waals surface area contributed by atoms with Gasteiger partial charge in [-0.05, 0) is 42.7 Å². The van der Waals surface area contributed by atoms with Crippen LogP contribution in [0, 0.1) is 24.0 Å². The molecule has 0 aromatic carbocycles. The van der Waals surface area contributed by atoms with E-state index in [0.29, 0.717) is 38.5 Å². The molecule has 8 nitrogen and oxygen atoms in total. The number of carbonyl (C=O) groups excluding carboxylic acids is 1. The van der Waals surface area contributed by atoms with Gasteiger partial charge in [0.25, 0.3) is 0 Å². The van der Waals surface area contributed by atoms with Gasteiger partial charge in [0.05, 0.1) is 43.4 Å². The van der Waals surface area contributed by atoms with Gasteiger partial charge in [-0.25, -0.2) is 13.1 Å². The zero-order valence-corrected chi connectivity index (χ0v) is 34.2. The van der Waals surface area contributed by atoms with E-state index < -0.39 is 35.2 Å². The molecule has 2 saturated heterocycles. The summed E-state index contributed by atoms with van der Waals surface area (Å²) in [5, 5.41) is 10.3. The van der Waals surface area contributed by atoms with Crippen LogP contribution in [-0.4, -0.2) is 70.5 Å². The first-order chi connectivity index (χ1) is 20.7. The molecule has 0 bridgehead atoms. The molecule has 0 aliphatic carbocycles. The van der Waals surface area contributed by atoms with Gasteiger partial charge in [0.1, 0.15) is 5.78 Å². The van der Waals surface area contributed by atoms with E-state index in [9.17, 15) is 9.90 Å². The average molecular weight is 681 g/mol. The van der Waals surface area contributed by atoms with Crippen LogP contribution in [-0.2, 0) is 23.1 Å². The molecular weight excluding hydrogens is 613 g/mol. The SMILES string of the molecule is [C-]#[N+][C@@H]1C[C@@H](O[Si](C)(C)C(C)(C)C)C(C)(C)[C@@H](CC(=O)CC)O1.[C-]#[N+][C@@H]1C[C@@H](O[Si](C)(C)C(C)(C)C)C(C)(C)[C@@H](CC(O)CC)O1. The Hall–Kier alpha value is -1.12. The molecule has 1 N–H and O–H groups in total. The van der Waals surface area contributed by atoms with E-state index in [4.69, 9.17) is 31.5 Å². The van der Waals surface area contributed by atoms with Gasteiger partial charge in [-0.3, -0.25) is 14.5 Å². The summed E-state index contributed by atoms with van der Waals surface area (Å²) in [7, 11) is -3.87. The number of Topliss-reactive ketones (excluding diaryl/α,β-unsaturated/α-hetero) is 1. The van der Waals surface area contributed by atoms with E-state index in [1.807, 2.05) is 13.8 Å². The highest BCUT2D eigenvalue weighted by Crippen LogP contribution is 2.47. The minimum Gasteiger partial charge on any atom is -0.413 e. The summed E-state index contributed by atoms with van der Waals surface area (Å²) in [4.78, 5) is 19.1. The van der Waals surface area contributed by atoms with Crippen molar-refractivity contribution >= 4 is 22.4 Å². The van der Waals surface area contributed by atoms with Gasteiger partial charge in [0, 0.05) is 30.1 Å². The summed E-state index contributed by atoms with van der Waals surface area (Å²) >= 11 is 0. The minimum atomic E-state index is -1.94. The third-order valence-electron chi connectivity index (χ3n) is 11.3. The average Bonchev–Trinajstić information content (AvgIpc) is 2.91. The smallest absolute Gasteiger partial charge is 0.330 e. The number of ketones is 1. The summed E-state index contributed by atoms with van der Waals surface area (Å²) in [6.07, 6.45) is 1.51. The topological polar surface area (TPSA) is 82.9 Å². The van der Waals surface area contributed by atoms with E-state index in [2.05, 4.69) is 105 Å². The maximum atomic E-state index is 11.9. The fourth-order valence-electron chi connectivity index (χ4n) is 5.30. The molecular formula is C36H68N2O6Si2. The van der Waals surface area contributed by atoms with Gasteiger partial charge in [-0.2, -0.15) is 0 Å². The van der Waals surface area contributed by atoms with E-state index in [1.165, 1.54) is 0 Å². The highest BCUT2D eigenvalue weighted by Gasteiger charge is 2.53. The van der Waals surface area contributed by atoms with Gasteiger partial charge in [-0.1, -0.05) is 83.1 Å². The van der Waals surface area contributed by atoms with Crippen LogP contribution in [0.5, 0.6) is 0 Å². The number of carbonyl (C=O) groups is 1. The molecule has 2 fully saturated rings. The Balaban J connectivity index is 0.000000460. The lowest BCUT2D eigenvalue weighted by atomic mass is 9.75. The Kier molecular flexibility index (Phi) is 15.0. The van der Waals surface area contributed by atoms with Crippen LogP contribution in [0.1, 0.15) is 122 Å². The monoisotopic (exact) mass is 680 g/mol. The summed E-state index contributed by atoms with van der Waals surface area (Å²) in [6, 6.07) is 0. The lowest BCUT2D eigenvalue weighted by Gasteiger charge is -2.49. The Labute approximate surface area is 284 Å². The van der Waals surface area contributed by atoms with Crippen LogP contribution < -0.4 is 0 Å². The number of hydrogen-bond donors (Lipinski definition) is 1. The fraction of sp³-hybridized carbons (Fsp3) is 0.917. The van der Waals surface area contributed by atoms with Gasteiger partial charge in [0.2, 0.25) is 0 Å². The Morgan fingerprint density at radius 1 is 0.826 bits per heavy atom. The van der Waals surface area contributed by atoms with Gasteiger partial charge in [0.15, 0.2) is 16.6 Å². The molecule has 0 aromatic heterocycles. The summed E-state index contributed by atoms with van der Waals surface area (Å²) in [5.41, 5.74) is -0.492. The molecule has 266 valence electrons. The molecule has 0 amide bonds. The second-order valence-electron chi connectivity index (χ2n) is 17.7. The zero-order valence-electron chi connectivity index (χ0n) is 32.2. The molecule has 7 atom stereocenters. The van der Waals surface area contributed by atoms with Crippen molar-refractivity contribution in [2.45, 2.75) is 201 Å². The first-order valence-electron chi connectivity index (χ1n) is 17.3. The molecule has 0 aromatic rings. The fourth-order valence-corrected chi connectivity index (χ4v) is 8.23. The molecule has 1 unspecified atom stereocenters. The summed E-state index contributed by atoms with van der Waals surface area (Å²) in [6.45, 7) is 49.4. The molecule has 10 heteroatoms. The first-order valence-corrected chi connectivity index (χ1v) is 23.1. The number of aliphatic hydroxyl groups excluding tert-OH is 1. The molecule has 0 spiro atoms. The number of aliphatic hydroxyl groups is 1. The highest BCUT2D eigenvalue weighted by molar-refractivity contribution is 6.74. The minimum absolute atomic E-state index is 0.00898. The zero-order chi connectivity index (χ0) is 36.1. The van der Waals surface area contributed by atoms with Crippen molar-refractivity contribution in [1.29, 1.82) is 0 Å². The number of nitrogens with zero attached hydrogens (tertiary/aromatic N) is 2. The van der Waals surface area contributed by atoms with Gasteiger partial charge < -0.3 is 23.4 Å². The number of rotatable bonds is 10. The van der Waals surface area contributed by atoms with E-state index in [1.54, 1.807) is 0 Å². The van der Waals surface area contributed by atoms with Crippen LogP contribution in [0.3, 0.4) is 0 Å². The van der Waals surface area contributed by atoms with Crippen molar-refractivity contribution in [3.05, 3.63) is 22.8 Å². The van der Waals surface area contributed by atoms with Crippen molar-refractivity contribution in [2.75, 3.05) is 0 Å². The van der Waals surface area contributed by atoms with Crippen molar-refractivity contribution in [2.24, 2.45) is 10.8 Å². The Bertz CT molecular complexity index is 1080. The maximum absolute atomic E-state index is 11.9. The van der Waals surface area contributed by atoms with Crippen molar-refractivity contribution < 1.29 is 28.2 Å². The summed E-state index contributed by atoms with van der Waals surface area (Å²) in [5.74, 6) is 0.180. The predicted octanol–water partition coefficient (Wildman–Crippen LogP) is 9.40. The third-order valence-corrected chi connectivity index (χ3v) is 20.3. The van der Waals surface area contributed by atoms with Gasteiger partial charge >= 0.3 is 12.5 Å². The predicted molar refractivity (Wildman–Crippen MR) is 192 cm³/mol. The first kappa shape index (κ1) is 42.9. The number of hydrogen-bond acceptors (Lipinski definition) is 6. The van der Waals surface area contributed by atoms with E-state index in [0.717, 1.165) is 0 Å². The number of ether oxygens (including phenoxy) is 2. The van der Waals surface area contributed by atoms with Crippen molar-refractivity contribution in [3.63, 3.8) is 0 Å². The van der Waals surface area contributed by atoms with Crippen molar-refractivity contribution in [1.82, 2.24) is 0 Å². The molecule has 0 radical (unpaired) electrons. The van der Waals surface area contributed by atoms with E-state index >= 15 is 0 Å². The quantitative estimate of drug-likeness (QED) is 0.183. The van der Waals surface area contributed by atoms with Crippen molar-refractivity contribution in [3.8, 4) is 0 Å². The maximum Gasteiger partial charge on any atom is 0.330 e. The van der Waals surface area contributed by atoms with Crippen LogP contribution >= 0.6 is 0 Å². The molecule has 0 saturated carbocycles. The van der Waals surface area contributed by atoms with Crippen LogP contribution in [0.2, 0.25) is 36.3 Å². The second kappa shape index (κ2) is 16.1. The molecule has 2 rings (SSSR count). The Morgan fingerprint density at radius 3 is 1.52 bits per heavy atom. The largest absolute Gasteiger partial charge is 0.413 e. The molecule has 2 heterocycles. The lowest BCUT2D eigenvalue weighted by molar-refractivity contribution is -0.166. The standard InChI is InChI=1S/C18H35NO3Si.C18H33NO3Si/c2*1-10-13(20)11-14-18(5,6)15(12-16(19-7)21-14)22-23(8,9)17(2,3)4/h13-16,20H,10-12H2,1-6,8-9H3;14-16H,10-12H2,1-6,8-9H3/t13?,14-,15-,16+;14-,15-,16+/m11/s1. The van der Waals surface area contributed by atoms with Crippen LogP contribution in [0.15, 0.2) is 0 Å². The molecule has 2 aliphatic heterocycles. The second-order valence-corrected chi connectivity index (χ2v) is 27.2. The lowest BCUT2D eigenvalue weighted by Crippen LogP contribution is -2.56. The van der Waals surface area contributed by atoms with Crippen LogP contribution in [0.25, 0.3) is 9.69 Å². The highest BCUT2D eigenvalue weighted by atomic mass is 28.4. The molecule has 2 aliphatic rings.